The Morgan fingerprint density at radius 3 is 1.95 bits per heavy atom. The quantitative estimate of drug-likeness (QED) is 0.518. The highest BCUT2D eigenvalue weighted by Crippen LogP contribution is 2.24. The predicted octanol–water partition coefficient (Wildman–Crippen LogP) is 5.26. The molecule has 0 amide bonds. The van der Waals surface area contributed by atoms with E-state index >= 15 is 0 Å². The van der Waals surface area contributed by atoms with Gasteiger partial charge in [-0.15, -0.1) is 24.8 Å². The summed E-state index contributed by atoms with van der Waals surface area (Å²) < 4.78 is 1.23. The van der Waals surface area contributed by atoms with Crippen molar-refractivity contribution in [2.45, 2.75) is 0 Å². The Hall–Kier alpha value is -1.17. The van der Waals surface area contributed by atoms with Crippen molar-refractivity contribution in [2.75, 3.05) is 0 Å². The second-order valence-corrected chi connectivity index (χ2v) is 5.42. The molecule has 0 aliphatic rings. The summed E-state index contributed by atoms with van der Waals surface area (Å²) in [5.41, 5.74) is 4.44. The van der Waals surface area contributed by atoms with E-state index in [0.717, 1.165) is 22.4 Å². The Kier molecular flexibility index (Phi) is 7.08. The summed E-state index contributed by atoms with van der Waals surface area (Å²) >= 11 is 2.30. The molecule has 0 aliphatic heterocycles. The summed E-state index contributed by atoms with van der Waals surface area (Å²) in [6.45, 7) is 0. The van der Waals surface area contributed by atoms with Crippen molar-refractivity contribution in [3.05, 3.63) is 70.7 Å². The van der Waals surface area contributed by atoms with Crippen LogP contribution in [-0.2, 0) is 0 Å². The predicted molar refractivity (Wildman–Crippen MR) is 100 cm³/mol. The first-order chi connectivity index (χ1) is 9.33. The molecule has 5 heteroatoms. The largest absolute Gasteiger partial charge is 0.265 e. The SMILES string of the molecule is Cl.Cl.Ic1ccc(-c2cc(-c3ccncc3)ccn2)cc1. The normalized spacial score (nSPS) is 9.38. The minimum Gasteiger partial charge on any atom is -0.265 e. The van der Waals surface area contributed by atoms with Gasteiger partial charge in [-0.05, 0) is 70.1 Å². The number of hydrogen-bond acceptors (Lipinski definition) is 2. The third-order valence-corrected chi connectivity index (χ3v) is 3.63. The molecule has 0 N–H and O–H groups in total. The lowest BCUT2D eigenvalue weighted by molar-refractivity contribution is 1.31. The van der Waals surface area contributed by atoms with Crippen LogP contribution in [0.5, 0.6) is 0 Å². The van der Waals surface area contributed by atoms with Crippen molar-refractivity contribution in [2.24, 2.45) is 0 Å². The van der Waals surface area contributed by atoms with Gasteiger partial charge in [0.15, 0.2) is 0 Å². The van der Waals surface area contributed by atoms with Crippen molar-refractivity contribution >= 4 is 47.4 Å². The van der Waals surface area contributed by atoms with Gasteiger partial charge in [-0.1, -0.05) is 12.1 Å². The molecule has 0 saturated carbocycles. The average Bonchev–Trinajstić information content (AvgIpc) is 2.49. The zero-order chi connectivity index (χ0) is 13.1. The highest BCUT2D eigenvalue weighted by atomic mass is 127. The van der Waals surface area contributed by atoms with Gasteiger partial charge in [-0.25, -0.2) is 0 Å². The average molecular weight is 431 g/mol. The third kappa shape index (κ3) is 4.40. The van der Waals surface area contributed by atoms with E-state index in [1.807, 2.05) is 24.4 Å². The van der Waals surface area contributed by atoms with Gasteiger partial charge in [0.2, 0.25) is 0 Å². The number of aromatic nitrogens is 2. The maximum absolute atomic E-state index is 4.45. The lowest BCUT2D eigenvalue weighted by Crippen LogP contribution is -1.85. The smallest absolute Gasteiger partial charge is 0.0708 e. The Morgan fingerprint density at radius 1 is 0.667 bits per heavy atom. The number of halogens is 3. The van der Waals surface area contributed by atoms with Crippen molar-refractivity contribution in [1.29, 1.82) is 0 Å². The van der Waals surface area contributed by atoms with Gasteiger partial charge in [0.1, 0.15) is 0 Å². The van der Waals surface area contributed by atoms with E-state index in [9.17, 15) is 0 Å². The Balaban J connectivity index is 0.00000110. The molecule has 0 radical (unpaired) electrons. The molecule has 0 aliphatic carbocycles. The Bertz CT molecular complexity index is 688. The molecule has 0 bridgehead atoms. The van der Waals surface area contributed by atoms with Gasteiger partial charge in [-0.2, -0.15) is 0 Å². The monoisotopic (exact) mass is 430 g/mol. The molecule has 0 fully saturated rings. The molecule has 3 aromatic rings. The summed E-state index contributed by atoms with van der Waals surface area (Å²) in [5.74, 6) is 0. The molecular formula is C16H13Cl2IN2. The fraction of sp³-hybridized carbons (Fsp3) is 0. The van der Waals surface area contributed by atoms with E-state index in [4.69, 9.17) is 0 Å². The van der Waals surface area contributed by atoms with Crippen LogP contribution in [0.3, 0.4) is 0 Å². The molecule has 108 valence electrons. The van der Waals surface area contributed by atoms with Crippen LogP contribution < -0.4 is 0 Å². The van der Waals surface area contributed by atoms with Crippen LogP contribution in [0, 0.1) is 3.57 Å². The highest BCUT2D eigenvalue weighted by Gasteiger charge is 2.02. The van der Waals surface area contributed by atoms with Crippen LogP contribution >= 0.6 is 47.4 Å². The van der Waals surface area contributed by atoms with Crippen LogP contribution in [0.15, 0.2) is 67.1 Å². The number of benzene rings is 1. The first-order valence-corrected chi connectivity index (χ1v) is 7.03. The standard InChI is InChI=1S/C16H11IN2.2ClH/c17-15-3-1-13(2-4-15)16-11-14(7-10-19-16)12-5-8-18-9-6-12;;/h1-11H;2*1H. The number of hydrogen-bond donors (Lipinski definition) is 0. The second-order valence-electron chi connectivity index (χ2n) is 4.17. The van der Waals surface area contributed by atoms with Gasteiger partial charge in [0, 0.05) is 27.7 Å². The lowest BCUT2D eigenvalue weighted by atomic mass is 10.0. The van der Waals surface area contributed by atoms with E-state index in [0.29, 0.717) is 0 Å². The number of rotatable bonds is 2. The fourth-order valence-corrected chi connectivity index (χ4v) is 2.29. The number of nitrogens with zero attached hydrogens (tertiary/aromatic N) is 2. The molecule has 2 heterocycles. The first-order valence-electron chi connectivity index (χ1n) is 5.95. The second kappa shape index (κ2) is 8.32. The first kappa shape index (κ1) is 17.9. The van der Waals surface area contributed by atoms with Gasteiger partial charge >= 0.3 is 0 Å². The van der Waals surface area contributed by atoms with E-state index in [2.05, 4.69) is 62.9 Å². The van der Waals surface area contributed by atoms with Gasteiger partial charge in [0.25, 0.3) is 0 Å². The van der Waals surface area contributed by atoms with Crippen molar-refractivity contribution in [3.8, 4) is 22.4 Å². The van der Waals surface area contributed by atoms with Crippen LogP contribution in [0.25, 0.3) is 22.4 Å². The van der Waals surface area contributed by atoms with Gasteiger partial charge in [-0.3, -0.25) is 9.97 Å². The van der Waals surface area contributed by atoms with Crippen LogP contribution in [-0.4, -0.2) is 9.97 Å². The summed E-state index contributed by atoms with van der Waals surface area (Å²) in [5, 5.41) is 0. The van der Waals surface area contributed by atoms with Gasteiger partial charge in [0.05, 0.1) is 5.69 Å². The van der Waals surface area contributed by atoms with E-state index in [1.54, 1.807) is 12.4 Å². The molecule has 3 rings (SSSR count). The Morgan fingerprint density at radius 2 is 1.29 bits per heavy atom. The summed E-state index contributed by atoms with van der Waals surface area (Å²) in [4.78, 5) is 8.49. The maximum atomic E-state index is 4.45. The van der Waals surface area contributed by atoms with Crippen molar-refractivity contribution < 1.29 is 0 Å². The summed E-state index contributed by atoms with van der Waals surface area (Å²) in [6, 6.07) is 16.5. The molecule has 0 atom stereocenters. The summed E-state index contributed by atoms with van der Waals surface area (Å²) in [6.07, 6.45) is 5.46. The van der Waals surface area contributed by atoms with E-state index in [-0.39, 0.29) is 24.8 Å². The van der Waals surface area contributed by atoms with Crippen LogP contribution in [0.4, 0.5) is 0 Å². The molecule has 21 heavy (non-hydrogen) atoms. The van der Waals surface area contributed by atoms with Crippen LogP contribution in [0.2, 0.25) is 0 Å². The zero-order valence-electron chi connectivity index (χ0n) is 10.9. The molecule has 0 spiro atoms. The van der Waals surface area contributed by atoms with Gasteiger partial charge < -0.3 is 0 Å². The molecule has 2 nitrogen and oxygen atoms in total. The summed E-state index contributed by atoms with van der Waals surface area (Å²) in [7, 11) is 0. The molecular weight excluding hydrogens is 418 g/mol. The van der Waals surface area contributed by atoms with E-state index in [1.165, 1.54) is 3.57 Å². The molecule has 0 saturated heterocycles. The third-order valence-electron chi connectivity index (χ3n) is 2.91. The minimum atomic E-state index is 0. The number of pyridine rings is 2. The highest BCUT2D eigenvalue weighted by molar-refractivity contribution is 14.1. The topological polar surface area (TPSA) is 25.8 Å². The van der Waals surface area contributed by atoms with E-state index < -0.39 is 0 Å². The zero-order valence-corrected chi connectivity index (χ0v) is 14.7. The minimum absolute atomic E-state index is 0. The lowest BCUT2D eigenvalue weighted by Gasteiger charge is -2.05. The molecule has 1 aromatic carbocycles. The van der Waals surface area contributed by atoms with Crippen LogP contribution in [0.1, 0.15) is 0 Å². The molecule has 2 aromatic heterocycles. The van der Waals surface area contributed by atoms with Crippen molar-refractivity contribution in [1.82, 2.24) is 9.97 Å². The maximum Gasteiger partial charge on any atom is 0.0708 e. The fourth-order valence-electron chi connectivity index (χ4n) is 1.93. The van der Waals surface area contributed by atoms with Crippen molar-refractivity contribution in [3.63, 3.8) is 0 Å². The Labute approximate surface area is 150 Å². The molecule has 0 unspecified atom stereocenters.